The van der Waals surface area contributed by atoms with Gasteiger partial charge in [-0.1, -0.05) is 37.6 Å². The Morgan fingerprint density at radius 1 is 1.26 bits per heavy atom. The van der Waals surface area contributed by atoms with E-state index in [4.69, 9.17) is 11.6 Å². The first-order valence-electron chi connectivity index (χ1n) is 5.77. The molecular formula is C13H12ClN3O2. The first-order valence-corrected chi connectivity index (χ1v) is 6.15. The number of hydrogen-bond acceptors (Lipinski definition) is 4. The molecule has 1 aromatic heterocycles. The third kappa shape index (κ3) is 2.88. The quantitative estimate of drug-likeness (QED) is 0.486. The highest BCUT2D eigenvalue weighted by Gasteiger charge is 2.18. The molecule has 0 aliphatic heterocycles. The first kappa shape index (κ1) is 13.4. The van der Waals surface area contributed by atoms with Crippen molar-refractivity contribution in [2.24, 2.45) is 0 Å². The third-order valence-corrected chi connectivity index (χ3v) is 2.84. The molecule has 98 valence electrons. The summed E-state index contributed by atoms with van der Waals surface area (Å²) in [6.45, 7) is 3.95. The van der Waals surface area contributed by atoms with Gasteiger partial charge in [0.25, 0.3) is 5.69 Å². The Morgan fingerprint density at radius 3 is 2.58 bits per heavy atom. The number of benzene rings is 1. The molecule has 5 nitrogen and oxygen atoms in total. The zero-order valence-corrected chi connectivity index (χ0v) is 11.3. The molecule has 0 aliphatic rings. The van der Waals surface area contributed by atoms with Crippen molar-refractivity contribution in [3.05, 3.63) is 51.3 Å². The van der Waals surface area contributed by atoms with Crippen molar-refractivity contribution in [2.75, 3.05) is 0 Å². The summed E-state index contributed by atoms with van der Waals surface area (Å²) in [5.41, 5.74) is 1.10. The average Bonchev–Trinajstić information content (AvgIpc) is 2.37. The van der Waals surface area contributed by atoms with E-state index in [1.165, 1.54) is 6.07 Å². The van der Waals surface area contributed by atoms with Gasteiger partial charge in [-0.2, -0.15) is 0 Å². The summed E-state index contributed by atoms with van der Waals surface area (Å²) in [6.07, 6.45) is 0. The number of rotatable bonds is 3. The summed E-state index contributed by atoms with van der Waals surface area (Å²) in [4.78, 5) is 19.0. The Balaban J connectivity index is 2.62. The highest BCUT2D eigenvalue weighted by Crippen LogP contribution is 2.28. The largest absolute Gasteiger partial charge is 0.280 e. The minimum atomic E-state index is -0.450. The van der Waals surface area contributed by atoms with Gasteiger partial charge in [-0.15, -0.1) is 0 Å². The minimum absolute atomic E-state index is 0.0283. The molecule has 0 atom stereocenters. The van der Waals surface area contributed by atoms with E-state index in [-0.39, 0.29) is 22.6 Å². The summed E-state index contributed by atoms with van der Waals surface area (Å²) in [5, 5.41) is 11.3. The molecule has 0 amide bonds. The zero-order valence-electron chi connectivity index (χ0n) is 10.5. The number of aromatic nitrogens is 2. The summed E-state index contributed by atoms with van der Waals surface area (Å²) >= 11 is 5.95. The van der Waals surface area contributed by atoms with Crippen molar-refractivity contribution in [2.45, 2.75) is 19.8 Å². The molecule has 1 aromatic carbocycles. The van der Waals surface area contributed by atoms with Crippen LogP contribution in [0.1, 0.15) is 25.5 Å². The first-order chi connectivity index (χ1) is 8.99. The van der Waals surface area contributed by atoms with Gasteiger partial charge in [-0.3, -0.25) is 10.1 Å². The van der Waals surface area contributed by atoms with Crippen LogP contribution in [0.5, 0.6) is 0 Å². The van der Waals surface area contributed by atoms with Gasteiger partial charge in [0.2, 0.25) is 0 Å². The van der Waals surface area contributed by atoms with Gasteiger partial charge in [-0.25, -0.2) is 9.97 Å². The zero-order chi connectivity index (χ0) is 14.0. The molecule has 0 fully saturated rings. The summed E-state index contributed by atoms with van der Waals surface area (Å²) in [6, 6.07) is 8.03. The molecule has 0 aliphatic carbocycles. The van der Waals surface area contributed by atoms with Crippen LogP contribution in [0.4, 0.5) is 5.69 Å². The van der Waals surface area contributed by atoms with E-state index in [0.717, 1.165) is 5.69 Å². The average molecular weight is 278 g/mol. The lowest BCUT2D eigenvalue weighted by atomic mass is 10.1. The van der Waals surface area contributed by atoms with Crippen LogP contribution in [0, 0.1) is 10.1 Å². The normalized spacial score (nSPS) is 10.7. The Labute approximate surface area is 115 Å². The number of para-hydroxylation sites is 1. The molecule has 2 aromatic rings. The second kappa shape index (κ2) is 5.32. The van der Waals surface area contributed by atoms with Crippen LogP contribution in [0.25, 0.3) is 11.4 Å². The molecule has 0 spiro atoms. The fourth-order valence-corrected chi connectivity index (χ4v) is 1.87. The van der Waals surface area contributed by atoms with Crippen LogP contribution in [0.2, 0.25) is 5.15 Å². The fraction of sp³-hybridized carbons (Fsp3) is 0.231. The Morgan fingerprint density at radius 2 is 1.95 bits per heavy atom. The molecular weight excluding hydrogens is 266 g/mol. The number of halogens is 1. The topological polar surface area (TPSA) is 68.9 Å². The van der Waals surface area contributed by atoms with Crippen molar-refractivity contribution in [3.63, 3.8) is 0 Å². The molecule has 0 N–H and O–H groups in total. The van der Waals surface area contributed by atoms with E-state index in [1.54, 1.807) is 24.3 Å². The second-order valence-electron chi connectivity index (χ2n) is 4.37. The van der Waals surface area contributed by atoms with Gasteiger partial charge < -0.3 is 0 Å². The summed E-state index contributed by atoms with van der Waals surface area (Å²) in [5.74, 6) is 0.450. The molecule has 0 unspecified atom stereocenters. The van der Waals surface area contributed by atoms with Crippen LogP contribution in [0.3, 0.4) is 0 Å². The molecule has 1 heterocycles. The lowest BCUT2D eigenvalue weighted by molar-refractivity contribution is -0.384. The summed E-state index contributed by atoms with van der Waals surface area (Å²) < 4.78 is 0. The van der Waals surface area contributed by atoms with Gasteiger partial charge >= 0.3 is 0 Å². The Kier molecular flexibility index (Phi) is 3.76. The number of nitro groups is 1. The second-order valence-corrected chi connectivity index (χ2v) is 4.76. The predicted molar refractivity (Wildman–Crippen MR) is 73.2 cm³/mol. The van der Waals surface area contributed by atoms with Crippen LogP contribution in [-0.2, 0) is 0 Å². The maximum Gasteiger partial charge on any atom is 0.280 e. The van der Waals surface area contributed by atoms with Crippen LogP contribution >= 0.6 is 11.6 Å². The molecule has 19 heavy (non-hydrogen) atoms. The predicted octanol–water partition coefficient (Wildman–Crippen LogP) is 3.83. The van der Waals surface area contributed by atoms with E-state index in [2.05, 4.69) is 9.97 Å². The molecule has 0 bridgehead atoms. The van der Waals surface area contributed by atoms with E-state index in [0.29, 0.717) is 5.56 Å². The molecule has 6 heteroatoms. The lowest BCUT2D eigenvalue weighted by Gasteiger charge is -2.08. The summed E-state index contributed by atoms with van der Waals surface area (Å²) in [7, 11) is 0. The maximum absolute atomic E-state index is 11.0. The molecule has 0 saturated carbocycles. The van der Waals surface area contributed by atoms with Crippen molar-refractivity contribution < 1.29 is 4.92 Å². The smallest absolute Gasteiger partial charge is 0.258 e. The van der Waals surface area contributed by atoms with Crippen LogP contribution < -0.4 is 0 Å². The van der Waals surface area contributed by atoms with Gasteiger partial charge in [-0.05, 0) is 18.1 Å². The van der Waals surface area contributed by atoms with Crippen molar-refractivity contribution in [1.29, 1.82) is 0 Å². The minimum Gasteiger partial charge on any atom is -0.258 e. The Bertz CT molecular complexity index is 629. The van der Waals surface area contributed by atoms with Gasteiger partial charge in [0.05, 0.1) is 10.5 Å². The SMILES string of the molecule is CC(C)c1cc(Cl)nc(-c2ccccc2[N+](=O)[O-])n1. The van der Waals surface area contributed by atoms with Crippen LogP contribution in [0.15, 0.2) is 30.3 Å². The standard InChI is InChI=1S/C13H12ClN3O2/c1-8(2)10-7-12(14)16-13(15-10)9-5-3-4-6-11(9)17(18)19/h3-8H,1-2H3. The molecule has 0 saturated heterocycles. The van der Waals surface area contributed by atoms with Crippen LogP contribution in [-0.4, -0.2) is 14.9 Å². The van der Waals surface area contributed by atoms with Gasteiger partial charge in [0.1, 0.15) is 5.15 Å². The Hall–Kier alpha value is -2.01. The van der Waals surface area contributed by atoms with E-state index in [1.807, 2.05) is 13.8 Å². The maximum atomic E-state index is 11.0. The number of hydrogen-bond donors (Lipinski definition) is 0. The molecule has 0 radical (unpaired) electrons. The molecule has 2 rings (SSSR count). The van der Waals surface area contributed by atoms with Gasteiger partial charge in [0.15, 0.2) is 5.82 Å². The van der Waals surface area contributed by atoms with E-state index < -0.39 is 4.92 Å². The number of nitrogens with zero attached hydrogens (tertiary/aromatic N) is 3. The monoisotopic (exact) mass is 277 g/mol. The van der Waals surface area contributed by atoms with E-state index >= 15 is 0 Å². The van der Waals surface area contributed by atoms with E-state index in [9.17, 15) is 10.1 Å². The van der Waals surface area contributed by atoms with Crippen molar-refractivity contribution in [1.82, 2.24) is 9.97 Å². The fourth-order valence-electron chi connectivity index (χ4n) is 1.67. The number of nitro benzene ring substituents is 1. The van der Waals surface area contributed by atoms with Crippen molar-refractivity contribution >= 4 is 17.3 Å². The van der Waals surface area contributed by atoms with Gasteiger partial charge in [0, 0.05) is 11.8 Å². The highest BCUT2D eigenvalue weighted by atomic mass is 35.5. The lowest BCUT2D eigenvalue weighted by Crippen LogP contribution is -2.00. The highest BCUT2D eigenvalue weighted by molar-refractivity contribution is 6.29. The third-order valence-electron chi connectivity index (χ3n) is 2.65. The van der Waals surface area contributed by atoms with Crippen molar-refractivity contribution in [3.8, 4) is 11.4 Å².